The third kappa shape index (κ3) is 3.18. The van der Waals surface area contributed by atoms with Gasteiger partial charge < -0.3 is 4.74 Å². The first-order valence-electron chi connectivity index (χ1n) is 4.99. The highest BCUT2D eigenvalue weighted by Gasteiger charge is 2.29. The van der Waals surface area contributed by atoms with Crippen molar-refractivity contribution in [1.29, 1.82) is 5.26 Å². The number of ether oxygens (including phenoxy) is 1. The van der Waals surface area contributed by atoms with Gasteiger partial charge in [-0.3, -0.25) is 9.63 Å². The van der Waals surface area contributed by atoms with Crippen molar-refractivity contribution in [3.8, 4) is 6.07 Å². The SMILES string of the molecule is CON(C)C(=O)C1CCC(CC#N)CO1. The molecule has 0 aromatic heterocycles. The Labute approximate surface area is 89.5 Å². The number of hydroxylamine groups is 2. The van der Waals surface area contributed by atoms with E-state index in [1.54, 1.807) is 7.05 Å². The van der Waals surface area contributed by atoms with Crippen LogP contribution < -0.4 is 0 Å². The summed E-state index contributed by atoms with van der Waals surface area (Å²) in [6, 6.07) is 2.12. The number of amides is 1. The number of rotatable bonds is 3. The van der Waals surface area contributed by atoms with Crippen molar-refractivity contribution in [2.75, 3.05) is 20.8 Å². The van der Waals surface area contributed by atoms with Crippen molar-refractivity contribution in [3.63, 3.8) is 0 Å². The lowest BCUT2D eigenvalue weighted by atomic mass is 9.96. The van der Waals surface area contributed by atoms with Crippen LogP contribution in [0.3, 0.4) is 0 Å². The predicted octanol–water partition coefficient (Wildman–Crippen LogP) is 0.715. The summed E-state index contributed by atoms with van der Waals surface area (Å²) in [4.78, 5) is 16.4. The summed E-state index contributed by atoms with van der Waals surface area (Å²) in [5.41, 5.74) is 0. The minimum absolute atomic E-state index is 0.159. The second-order valence-electron chi connectivity index (χ2n) is 3.65. The second-order valence-corrected chi connectivity index (χ2v) is 3.65. The Kier molecular flexibility index (Phi) is 4.53. The molecule has 0 aliphatic carbocycles. The molecule has 0 bridgehead atoms. The molecule has 2 unspecified atom stereocenters. The van der Waals surface area contributed by atoms with Crippen molar-refractivity contribution in [1.82, 2.24) is 5.06 Å². The van der Waals surface area contributed by atoms with Crippen LogP contribution in [-0.2, 0) is 14.4 Å². The minimum Gasteiger partial charge on any atom is -0.368 e. The van der Waals surface area contributed by atoms with Gasteiger partial charge in [-0.1, -0.05) is 0 Å². The maximum atomic E-state index is 11.6. The molecule has 0 saturated carbocycles. The molecule has 0 N–H and O–H groups in total. The van der Waals surface area contributed by atoms with Crippen molar-refractivity contribution in [3.05, 3.63) is 0 Å². The zero-order valence-electron chi connectivity index (χ0n) is 9.10. The van der Waals surface area contributed by atoms with E-state index in [-0.39, 0.29) is 11.8 Å². The van der Waals surface area contributed by atoms with Crippen LogP contribution in [-0.4, -0.2) is 37.8 Å². The molecular formula is C10H16N2O3. The summed E-state index contributed by atoms with van der Waals surface area (Å²) in [5.74, 6) is 0.111. The topological polar surface area (TPSA) is 62.6 Å². The van der Waals surface area contributed by atoms with Gasteiger partial charge in [0.05, 0.1) is 19.8 Å². The monoisotopic (exact) mass is 212 g/mol. The largest absolute Gasteiger partial charge is 0.368 e. The zero-order valence-corrected chi connectivity index (χ0v) is 9.10. The first-order valence-corrected chi connectivity index (χ1v) is 4.99. The van der Waals surface area contributed by atoms with Gasteiger partial charge in [0.2, 0.25) is 0 Å². The molecule has 84 valence electrons. The van der Waals surface area contributed by atoms with Crippen molar-refractivity contribution < 1.29 is 14.4 Å². The van der Waals surface area contributed by atoms with Gasteiger partial charge in [0, 0.05) is 13.5 Å². The van der Waals surface area contributed by atoms with E-state index >= 15 is 0 Å². The van der Waals surface area contributed by atoms with Gasteiger partial charge in [-0.15, -0.1) is 0 Å². The Morgan fingerprint density at radius 2 is 2.40 bits per heavy atom. The standard InChI is InChI=1S/C10H16N2O3/c1-12(14-2)10(13)9-4-3-8(5-6-11)7-15-9/h8-9H,3-5,7H2,1-2H3. The Morgan fingerprint density at radius 1 is 1.67 bits per heavy atom. The maximum absolute atomic E-state index is 11.6. The Hall–Kier alpha value is -1.12. The summed E-state index contributed by atoms with van der Waals surface area (Å²) >= 11 is 0. The third-order valence-electron chi connectivity index (χ3n) is 2.61. The molecular weight excluding hydrogens is 196 g/mol. The van der Waals surface area contributed by atoms with Gasteiger partial charge in [0.1, 0.15) is 6.10 Å². The van der Waals surface area contributed by atoms with Crippen LogP contribution in [0.5, 0.6) is 0 Å². The highest BCUT2D eigenvalue weighted by molar-refractivity contribution is 5.79. The number of carbonyl (C=O) groups excluding carboxylic acids is 1. The second kappa shape index (κ2) is 5.69. The fraction of sp³-hybridized carbons (Fsp3) is 0.800. The van der Waals surface area contributed by atoms with E-state index in [2.05, 4.69) is 6.07 Å². The van der Waals surface area contributed by atoms with E-state index in [0.717, 1.165) is 6.42 Å². The van der Waals surface area contributed by atoms with E-state index in [1.165, 1.54) is 12.2 Å². The highest BCUT2D eigenvalue weighted by Crippen LogP contribution is 2.22. The fourth-order valence-corrected chi connectivity index (χ4v) is 1.58. The van der Waals surface area contributed by atoms with E-state index in [1.807, 2.05) is 0 Å². The van der Waals surface area contributed by atoms with Crippen LogP contribution in [0.4, 0.5) is 0 Å². The van der Waals surface area contributed by atoms with Crippen LogP contribution in [0.1, 0.15) is 19.3 Å². The molecule has 1 rings (SSSR count). The number of nitriles is 1. The number of hydrogen-bond donors (Lipinski definition) is 0. The van der Waals surface area contributed by atoms with Gasteiger partial charge in [0.25, 0.3) is 5.91 Å². The van der Waals surface area contributed by atoms with E-state index < -0.39 is 6.10 Å². The molecule has 1 aliphatic rings. The normalized spacial score (nSPS) is 25.7. The molecule has 1 heterocycles. The predicted molar refractivity (Wildman–Crippen MR) is 52.5 cm³/mol. The van der Waals surface area contributed by atoms with Gasteiger partial charge in [-0.25, -0.2) is 5.06 Å². The van der Waals surface area contributed by atoms with Gasteiger partial charge in [0.15, 0.2) is 0 Å². The number of carbonyl (C=O) groups is 1. The Morgan fingerprint density at radius 3 is 2.87 bits per heavy atom. The van der Waals surface area contributed by atoms with E-state index in [0.29, 0.717) is 19.4 Å². The summed E-state index contributed by atoms with van der Waals surface area (Å²) in [6.07, 6.45) is 1.62. The maximum Gasteiger partial charge on any atom is 0.274 e. The molecule has 0 aromatic carbocycles. The summed E-state index contributed by atoms with van der Waals surface area (Å²) in [6.45, 7) is 0.488. The van der Waals surface area contributed by atoms with Crippen LogP contribution in [0.25, 0.3) is 0 Å². The molecule has 1 fully saturated rings. The smallest absolute Gasteiger partial charge is 0.274 e. The van der Waals surface area contributed by atoms with E-state index in [4.69, 9.17) is 14.8 Å². The lowest BCUT2D eigenvalue weighted by molar-refractivity contribution is -0.184. The van der Waals surface area contributed by atoms with Gasteiger partial charge in [-0.05, 0) is 18.8 Å². The van der Waals surface area contributed by atoms with Crippen LogP contribution in [0.15, 0.2) is 0 Å². The summed E-state index contributed by atoms with van der Waals surface area (Å²) in [7, 11) is 3.01. The summed E-state index contributed by atoms with van der Waals surface area (Å²) in [5, 5.41) is 9.70. The number of hydrogen-bond acceptors (Lipinski definition) is 4. The molecule has 1 amide bonds. The lowest BCUT2D eigenvalue weighted by Crippen LogP contribution is -2.40. The molecule has 1 aliphatic heterocycles. The van der Waals surface area contributed by atoms with Crippen molar-refractivity contribution >= 4 is 5.91 Å². The molecule has 0 spiro atoms. The van der Waals surface area contributed by atoms with Crippen molar-refractivity contribution in [2.45, 2.75) is 25.4 Å². The average Bonchev–Trinajstić information content (AvgIpc) is 2.28. The van der Waals surface area contributed by atoms with Crippen LogP contribution in [0.2, 0.25) is 0 Å². The van der Waals surface area contributed by atoms with Crippen LogP contribution >= 0.6 is 0 Å². The quantitative estimate of drug-likeness (QED) is 0.646. The first kappa shape index (κ1) is 12.0. The zero-order chi connectivity index (χ0) is 11.3. The lowest BCUT2D eigenvalue weighted by Gasteiger charge is -2.28. The molecule has 5 nitrogen and oxygen atoms in total. The summed E-state index contributed by atoms with van der Waals surface area (Å²) < 4.78 is 5.41. The Bertz CT molecular complexity index is 254. The average molecular weight is 212 g/mol. The van der Waals surface area contributed by atoms with Gasteiger partial charge in [-0.2, -0.15) is 5.26 Å². The molecule has 0 radical (unpaired) electrons. The number of likely N-dealkylation sites (N-methyl/N-ethyl adjacent to an activating group) is 1. The van der Waals surface area contributed by atoms with Crippen molar-refractivity contribution in [2.24, 2.45) is 5.92 Å². The first-order chi connectivity index (χ1) is 7.19. The molecule has 5 heteroatoms. The third-order valence-corrected chi connectivity index (χ3v) is 2.61. The van der Waals surface area contributed by atoms with Gasteiger partial charge >= 0.3 is 0 Å². The number of nitrogens with zero attached hydrogens (tertiary/aromatic N) is 2. The molecule has 2 atom stereocenters. The highest BCUT2D eigenvalue weighted by atomic mass is 16.7. The van der Waals surface area contributed by atoms with E-state index in [9.17, 15) is 4.79 Å². The molecule has 15 heavy (non-hydrogen) atoms. The fourth-order valence-electron chi connectivity index (χ4n) is 1.58. The van der Waals surface area contributed by atoms with Crippen LogP contribution in [0, 0.1) is 17.2 Å². The molecule has 1 saturated heterocycles. The molecule has 0 aromatic rings. The minimum atomic E-state index is -0.412. The Balaban J connectivity index is 2.37.